The zero-order valence-corrected chi connectivity index (χ0v) is 9.26. The van der Waals surface area contributed by atoms with Gasteiger partial charge in [-0.15, -0.1) is 0 Å². The molecule has 14 heavy (non-hydrogen) atoms. The van der Waals surface area contributed by atoms with Gasteiger partial charge in [0.15, 0.2) is 0 Å². The Morgan fingerprint density at radius 1 is 1.43 bits per heavy atom. The van der Waals surface area contributed by atoms with Gasteiger partial charge in [0.05, 0.1) is 16.4 Å². The van der Waals surface area contributed by atoms with Crippen LogP contribution in [0.2, 0.25) is 5.15 Å². The molecule has 1 aromatic carbocycles. The van der Waals surface area contributed by atoms with Gasteiger partial charge >= 0.3 is 0 Å². The van der Waals surface area contributed by atoms with E-state index < -0.39 is 0 Å². The van der Waals surface area contributed by atoms with Crippen LogP contribution in [0.25, 0.3) is 5.69 Å². The molecule has 1 aromatic heterocycles. The maximum absolute atomic E-state index is 12.9. The second-order valence-electron chi connectivity index (χ2n) is 2.67. The summed E-state index contributed by atoms with van der Waals surface area (Å²) in [7, 11) is 0. The molecular formula is C9H5BrClFN2. The Hall–Kier alpha value is -0.870. The molecule has 0 atom stereocenters. The molecule has 2 rings (SSSR count). The molecule has 0 saturated heterocycles. The van der Waals surface area contributed by atoms with E-state index in [9.17, 15) is 4.39 Å². The molecular weight excluding hydrogens is 270 g/mol. The SMILES string of the molecule is Fc1cccc(-n2ncc(Br)c2Cl)c1. The Balaban J connectivity index is 2.55. The van der Waals surface area contributed by atoms with Gasteiger partial charge in [-0.1, -0.05) is 17.7 Å². The number of hydrogen-bond donors (Lipinski definition) is 0. The number of nitrogens with zero attached hydrogens (tertiary/aromatic N) is 2. The lowest BCUT2D eigenvalue weighted by atomic mass is 10.3. The number of aromatic nitrogens is 2. The maximum atomic E-state index is 12.9. The first-order valence-electron chi connectivity index (χ1n) is 3.83. The minimum Gasteiger partial charge on any atom is -0.221 e. The molecule has 0 aliphatic carbocycles. The Morgan fingerprint density at radius 2 is 2.21 bits per heavy atom. The van der Waals surface area contributed by atoms with E-state index in [1.165, 1.54) is 16.8 Å². The summed E-state index contributed by atoms with van der Waals surface area (Å²) in [6.45, 7) is 0. The largest absolute Gasteiger partial charge is 0.221 e. The summed E-state index contributed by atoms with van der Waals surface area (Å²) in [6, 6.07) is 6.08. The molecule has 0 fully saturated rings. The van der Waals surface area contributed by atoms with Crippen LogP contribution in [0.4, 0.5) is 4.39 Å². The third-order valence-electron chi connectivity index (χ3n) is 1.72. The van der Waals surface area contributed by atoms with E-state index in [4.69, 9.17) is 11.6 Å². The lowest BCUT2D eigenvalue weighted by Gasteiger charge is -2.02. The predicted molar refractivity (Wildman–Crippen MR) is 56.2 cm³/mol. The Bertz CT molecular complexity index is 470. The van der Waals surface area contributed by atoms with Crippen molar-refractivity contribution in [3.63, 3.8) is 0 Å². The summed E-state index contributed by atoms with van der Waals surface area (Å²) in [5, 5.41) is 4.42. The van der Waals surface area contributed by atoms with E-state index >= 15 is 0 Å². The number of rotatable bonds is 1. The molecule has 0 spiro atoms. The average molecular weight is 276 g/mol. The highest BCUT2D eigenvalue weighted by Crippen LogP contribution is 2.24. The summed E-state index contributed by atoms with van der Waals surface area (Å²) in [5.74, 6) is -0.315. The summed E-state index contributed by atoms with van der Waals surface area (Å²) in [6.07, 6.45) is 1.56. The van der Waals surface area contributed by atoms with Crippen LogP contribution in [0, 0.1) is 5.82 Å². The number of halogens is 3. The lowest BCUT2D eigenvalue weighted by molar-refractivity contribution is 0.625. The van der Waals surface area contributed by atoms with Crippen molar-refractivity contribution in [2.45, 2.75) is 0 Å². The first-order chi connectivity index (χ1) is 6.68. The molecule has 0 N–H and O–H groups in total. The molecule has 1 heterocycles. The van der Waals surface area contributed by atoms with Gasteiger partial charge in [-0.2, -0.15) is 5.10 Å². The molecule has 0 saturated carbocycles. The van der Waals surface area contributed by atoms with Crippen LogP contribution >= 0.6 is 27.5 Å². The fraction of sp³-hybridized carbons (Fsp3) is 0. The van der Waals surface area contributed by atoms with Crippen LogP contribution in [-0.4, -0.2) is 9.78 Å². The van der Waals surface area contributed by atoms with Crippen molar-refractivity contribution in [2.75, 3.05) is 0 Å². The van der Waals surface area contributed by atoms with E-state index in [2.05, 4.69) is 21.0 Å². The van der Waals surface area contributed by atoms with Crippen LogP contribution in [0.3, 0.4) is 0 Å². The standard InChI is InChI=1S/C9H5BrClFN2/c10-8-5-13-14(9(8)11)7-3-1-2-6(12)4-7/h1-5H. The van der Waals surface area contributed by atoms with E-state index in [1.54, 1.807) is 18.3 Å². The third-order valence-corrected chi connectivity index (χ3v) is 2.89. The summed E-state index contributed by atoms with van der Waals surface area (Å²) in [5.41, 5.74) is 0.598. The molecule has 0 amide bonds. The van der Waals surface area contributed by atoms with Crippen molar-refractivity contribution in [3.8, 4) is 5.69 Å². The highest BCUT2D eigenvalue weighted by atomic mass is 79.9. The predicted octanol–water partition coefficient (Wildman–Crippen LogP) is 3.43. The van der Waals surface area contributed by atoms with Gasteiger partial charge in [0.1, 0.15) is 11.0 Å². The van der Waals surface area contributed by atoms with Gasteiger partial charge in [-0.05, 0) is 34.1 Å². The Kier molecular flexibility index (Phi) is 2.56. The lowest BCUT2D eigenvalue weighted by Crippen LogP contribution is -1.96. The monoisotopic (exact) mass is 274 g/mol. The molecule has 0 aliphatic heterocycles. The zero-order valence-electron chi connectivity index (χ0n) is 6.92. The zero-order chi connectivity index (χ0) is 10.1. The first kappa shape index (κ1) is 9.68. The molecule has 0 radical (unpaired) electrons. The highest BCUT2D eigenvalue weighted by molar-refractivity contribution is 9.10. The summed E-state index contributed by atoms with van der Waals surface area (Å²) in [4.78, 5) is 0. The van der Waals surface area contributed by atoms with Crippen LogP contribution in [0.5, 0.6) is 0 Å². The van der Waals surface area contributed by atoms with Gasteiger partial charge in [-0.25, -0.2) is 9.07 Å². The van der Waals surface area contributed by atoms with Crippen LogP contribution in [-0.2, 0) is 0 Å². The average Bonchev–Trinajstić information content (AvgIpc) is 2.48. The van der Waals surface area contributed by atoms with Gasteiger partial charge in [0, 0.05) is 0 Å². The molecule has 2 nitrogen and oxygen atoms in total. The fourth-order valence-corrected chi connectivity index (χ4v) is 1.55. The number of hydrogen-bond acceptors (Lipinski definition) is 1. The Labute approximate surface area is 93.4 Å². The normalized spacial score (nSPS) is 10.5. The minimum atomic E-state index is -0.315. The fourth-order valence-electron chi connectivity index (χ4n) is 1.10. The van der Waals surface area contributed by atoms with E-state index in [0.717, 1.165) is 0 Å². The minimum absolute atomic E-state index is 0.315. The second-order valence-corrected chi connectivity index (χ2v) is 3.89. The van der Waals surface area contributed by atoms with Gasteiger partial charge in [0.2, 0.25) is 0 Å². The van der Waals surface area contributed by atoms with Crippen LogP contribution in [0.1, 0.15) is 0 Å². The molecule has 2 aromatic rings. The van der Waals surface area contributed by atoms with Gasteiger partial charge in [-0.3, -0.25) is 0 Å². The van der Waals surface area contributed by atoms with E-state index in [1.807, 2.05) is 0 Å². The second kappa shape index (κ2) is 3.71. The van der Waals surface area contributed by atoms with Crippen molar-refractivity contribution in [3.05, 3.63) is 45.9 Å². The molecule has 5 heteroatoms. The smallest absolute Gasteiger partial charge is 0.147 e. The molecule has 0 aliphatic rings. The topological polar surface area (TPSA) is 17.8 Å². The first-order valence-corrected chi connectivity index (χ1v) is 5.00. The van der Waals surface area contributed by atoms with Crippen LogP contribution in [0.15, 0.2) is 34.9 Å². The van der Waals surface area contributed by atoms with Gasteiger partial charge in [0.25, 0.3) is 0 Å². The summed E-state index contributed by atoms with van der Waals surface area (Å²) >= 11 is 9.15. The van der Waals surface area contributed by atoms with Gasteiger partial charge < -0.3 is 0 Å². The van der Waals surface area contributed by atoms with Crippen molar-refractivity contribution in [1.29, 1.82) is 0 Å². The van der Waals surface area contributed by atoms with Crippen molar-refractivity contribution in [1.82, 2.24) is 9.78 Å². The van der Waals surface area contributed by atoms with Crippen LogP contribution < -0.4 is 0 Å². The Morgan fingerprint density at radius 3 is 2.79 bits per heavy atom. The molecule has 0 unspecified atom stereocenters. The summed E-state index contributed by atoms with van der Waals surface area (Å²) < 4.78 is 15.0. The number of benzene rings is 1. The molecule has 72 valence electrons. The third kappa shape index (κ3) is 1.67. The molecule has 0 bridgehead atoms. The maximum Gasteiger partial charge on any atom is 0.147 e. The highest BCUT2D eigenvalue weighted by Gasteiger charge is 2.07. The van der Waals surface area contributed by atoms with E-state index in [0.29, 0.717) is 15.3 Å². The van der Waals surface area contributed by atoms with E-state index in [-0.39, 0.29) is 5.82 Å². The van der Waals surface area contributed by atoms with Crippen molar-refractivity contribution >= 4 is 27.5 Å². The van der Waals surface area contributed by atoms with Crippen molar-refractivity contribution < 1.29 is 4.39 Å². The quantitative estimate of drug-likeness (QED) is 0.780. The van der Waals surface area contributed by atoms with Crippen molar-refractivity contribution in [2.24, 2.45) is 0 Å².